The second kappa shape index (κ2) is 6.82. The highest BCUT2D eigenvalue weighted by Crippen LogP contribution is 2.07. The molecule has 0 aliphatic rings. The molecule has 5 nitrogen and oxygen atoms in total. The first-order valence-corrected chi connectivity index (χ1v) is 4.80. The summed E-state index contributed by atoms with van der Waals surface area (Å²) in [5, 5.41) is 8.41. The molecule has 2 unspecified atom stereocenters. The number of carboxylic acid groups (broad SMARTS) is 1. The fourth-order valence-electron chi connectivity index (χ4n) is 0.855. The van der Waals surface area contributed by atoms with Crippen LogP contribution in [-0.2, 0) is 14.3 Å². The smallest absolute Gasteiger partial charge is 0.390 e. The number of aliphatic carboxylic acids is 1. The Morgan fingerprint density at radius 1 is 1.53 bits per heavy atom. The van der Waals surface area contributed by atoms with Crippen LogP contribution in [0, 0.1) is 6.57 Å². The van der Waals surface area contributed by atoms with E-state index >= 15 is 0 Å². The quantitative estimate of drug-likeness (QED) is 0.536. The van der Waals surface area contributed by atoms with Crippen molar-refractivity contribution in [2.24, 2.45) is 0 Å². The summed E-state index contributed by atoms with van der Waals surface area (Å²) in [6.07, 6.45) is 0.262. The largest absolute Gasteiger partial charge is 0.481 e. The molecule has 0 saturated carbocycles. The molecule has 0 radical (unpaired) electrons. The van der Waals surface area contributed by atoms with Gasteiger partial charge in [-0.3, -0.25) is 4.79 Å². The number of hydrogen-bond donors (Lipinski definition) is 1. The Labute approximate surface area is 88.9 Å². The lowest BCUT2D eigenvalue weighted by atomic mass is 10.1. The van der Waals surface area contributed by atoms with Crippen LogP contribution in [0.25, 0.3) is 4.85 Å². The number of carbonyl (C=O) groups excluding carboxylic acids is 1. The molecule has 0 heterocycles. The van der Waals surface area contributed by atoms with Crippen LogP contribution in [0.4, 0.5) is 0 Å². The number of carboxylic acids is 1. The van der Waals surface area contributed by atoms with E-state index in [1.807, 2.05) is 6.92 Å². The summed E-state index contributed by atoms with van der Waals surface area (Å²) in [4.78, 5) is 24.7. The molecule has 0 aromatic heterocycles. The van der Waals surface area contributed by atoms with Gasteiger partial charge in [0.2, 0.25) is 0 Å². The summed E-state index contributed by atoms with van der Waals surface area (Å²) in [6, 6.07) is -0.991. The Kier molecular flexibility index (Phi) is 6.11. The number of carbonyl (C=O) groups is 2. The molecule has 0 bridgehead atoms. The van der Waals surface area contributed by atoms with Crippen LogP contribution < -0.4 is 0 Å². The van der Waals surface area contributed by atoms with Gasteiger partial charge in [0.05, 0.1) is 12.5 Å². The lowest BCUT2D eigenvalue weighted by Gasteiger charge is -2.11. The average Bonchev–Trinajstić information content (AvgIpc) is 2.18. The van der Waals surface area contributed by atoms with Crippen molar-refractivity contribution in [3.05, 3.63) is 11.4 Å². The highest BCUT2D eigenvalue weighted by atomic mass is 16.5. The standard InChI is InChI=1S/C10H15NO4/c1-4-7(2)15-10(14)8(11-3)5-6-9(12)13/h7-8H,4-6H2,1-2H3,(H,12,13). The molecular formula is C10H15NO4. The van der Waals surface area contributed by atoms with Crippen molar-refractivity contribution in [1.29, 1.82) is 0 Å². The normalized spacial score (nSPS) is 13.7. The highest BCUT2D eigenvalue weighted by molar-refractivity contribution is 5.78. The predicted octanol–water partition coefficient (Wildman–Crippen LogP) is 1.48. The molecule has 2 atom stereocenters. The maximum absolute atomic E-state index is 11.3. The Hall–Kier alpha value is -1.57. The summed E-state index contributed by atoms with van der Waals surface area (Å²) < 4.78 is 4.94. The molecule has 1 N–H and O–H groups in total. The minimum atomic E-state index is -1.01. The number of nitrogens with zero attached hydrogens (tertiary/aromatic N) is 1. The molecule has 5 heteroatoms. The zero-order valence-corrected chi connectivity index (χ0v) is 8.90. The molecule has 84 valence electrons. The number of esters is 1. The fraction of sp³-hybridized carbons (Fsp3) is 0.700. The molecule has 0 amide bonds. The summed E-state index contributed by atoms with van der Waals surface area (Å²) in [5.74, 6) is -1.64. The van der Waals surface area contributed by atoms with Crippen molar-refractivity contribution in [2.75, 3.05) is 0 Å². The minimum Gasteiger partial charge on any atom is -0.481 e. The van der Waals surface area contributed by atoms with Crippen molar-refractivity contribution >= 4 is 11.9 Å². The van der Waals surface area contributed by atoms with Gasteiger partial charge in [0, 0.05) is 6.42 Å². The van der Waals surface area contributed by atoms with Gasteiger partial charge < -0.3 is 14.7 Å². The van der Waals surface area contributed by atoms with Crippen molar-refractivity contribution < 1.29 is 19.4 Å². The van der Waals surface area contributed by atoms with Crippen molar-refractivity contribution in [2.45, 2.75) is 45.3 Å². The van der Waals surface area contributed by atoms with Crippen LogP contribution in [0.15, 0.2) is 0 Å². The first-order valence-electron chi connectivity index (χ1n) is 4.80. The van der Waals surface area contributed by atoms with E-state index in [0.717, 1.165) is 0 Å². The van der Waals surface area contributed by atoms with E-state index in [4.69, 9.17) is 16.4 Å². The van der Waals surface area contributed by atoms with Crippen LogP contribution >= 0.6 is 0 Å². The van der Waals surface area contributed by atoms with Crippen LogP contribution in [0.3, 0.4) is 0 Å². The summed E-state index contributed by atoms with van der Waals surface area (Å²) in [7, 11) is 0. The maximum Gasteiger partial charge on any atom is 0.390 e. The molecule has 0 fully saturated rings. The van der Waals surface area contributed by atoms with Gasteiger partial charge in [-0.25, -0.2) is 11.4 Å². The van der Waals surface area contributed by atoms with Crippen molar-refractivity contribution in [3.8, 4) is 0 Å². The van der Waals surface area contributed by atoms with Crippen LogP contribution in [0.1, 0.15) is 33.1 Å². The summed E-state index contributed by atoms with van der Waals surface area (Å²) in [6.45, 7) is 10.4. The molecule has 0 aromatic carbocycles. The molecule has 0 aromatic rings. The van der Waals surface area contributed by atoms with E-state index in [0.29, 0.717) is 6.42 Å². The van der Waals surface area contributed by atoms with E-state index in [2.05, 4.69) is 4.85 Å². The van der Waals surface area contributed by atoms with Crippen molar-refractivity contribution in [3.63, 3.8) is 0 Å². The van der Waals surface area contributed by atoms with Gasteiger partial charge in [-0.2, -0.15) is 0 Å². The zero-order valence-electron chi connectivity index (χ0n) is 8.90. The Morgan fingerprint density at radius 3 is 2.53 bits per heavy atom. The average molecular weight is 213 g/mol. The Bertz CT molecular complexity index is 269. The van der Waals surface area contributed by atoms with Gasteiger partial charge in [-0.05, 0) is 13.3 Å². The van der Waals surface area contributed by atoms with Gasteiger partial charge in [-0.1, -0.05) is 6.92 Å². The molecule has 0 saturated heterocycles. The molecular weight excluding hydrogens is 198 g/mol. The number of ether oxygens (including phenoxy) is 1. The van der Waals surface area contributed by atoms with Crippen molar-refractivity contribution in [1.82, 2.24) is 0 Å². The van der Waals surface area contributed by atoms with E-state index in [9.17, 15) is 9.59 Å². The zero-order chi connectivity index (χ0) is 11.8. The van der Waals surface area contributed by atoms with E-state index < -0.39 is 18.0 Å². The third kappa shape index (κ3) is 5.68. The van der Waals surface area contributed by atoms with Gasteiger partial charge in [0.15, 0.2) is 0 Å². The number of hydrogen-bond acceptors (Lipinski definition) is 3. The lowest BCUT2D eigenvalue weighted by Crippen LogP contribution is -2.25. The maximum atomic E-state index is 11.3. The summed E-state index contributed by atoms with van der Waals surface area (Å²) in [5.41, 5.74) is 0. The SMILES string of the molecule is [C-]#[N+]C(CCC(=O)O)C(=O)OC(C)CC. The van der Waals surface area contributed by atoms with Gasteiger partial charge in [0.25, 0.3) is 0 Å². The molecule has 0 rings (SSSR count). The van der Waals surface area contributed by atoms with E-state index in [-0.39, 0.29) is 18.9 Å². The van der Waals surface area contributed by atoms with Gasteiger partial charge in [0.1, 0.15) is 0 Å². The first kappa shape index (κ1) is 13.4. The first-order chi connectivity index (χ1) is 7.01. The molecule has 0 aliphatic carbocycles. The predicted molar refractivity (Wildman–Crippen MR) is 53.1 cm³/mol. The molecule has 0 spiro atoms. The van der Waals surface area contributed by atoms with Gasteiger partial charge >= 0.3 is 18.0 Å². The topological polar surface area (TPSA) is 68.0 Å². The van der Waals surface area contributed by atoms with Crippen LogP contribution in [-0.4, -0.2) is 29.2 Å². The second-order valence-electron chi connectivity index (χ2n) is 3.23. The van der Waals surface area contributed by atoms with E-state index in [1.54, 1.807) is 6.92 Å². The third-order valence-electron chi connectivity index (χ3n) is 1.95. The minimum absolute atomic E-state index is 0.00804. The second-order valence-corrected chi connectivity index (χ2v) is 3.23. The van der Waals surface area contributed by atoms with Crippen LogP contribution in [0.5, 0.6) is 0 Å². The summed E-state index contributed by atoms with van der Waals surface area (Å²) >= 11 is 0. The van der Waals surface area contributed by atoms with E-state index in [1.165, 1.54) is 0 Å². The lowest BCUT2D eigenvalue weighted by molar-refractivity contribution is -0.149. The molecule has 0 aliphatic heterocycles. The highest BCUT2D eigenvalue weighted by Gasteiger charge is 2.27. The van der Waals surface area contributed by atoms with Crippen LogP contribution in [0.2, 0.25) is 0 Å². The monoisotopic (exact) mass is 213 g/mol. The molecule has 15 heavy (non-hydrogen) atoms. The Balaban J connectivity index is 4.12. The van der Waals surface area contributed by atoms with Gasteiger partial charge in [-0.15, -0.1) is 0 Å². The third-order valence-corrected chi connectivity index (χ3v) is 1.95. The fourth-order valence-corrected chi connectivity index (χ4v) is 0.855. The Morgan fingerprint density at radius 2 is 2.13 bits per heavy atom. The number of rotatable bonds is 6.